The van der Waals surface area contributed by atoms with E-state index in [2.05, 4.69) is 10.3 Å². The Morgan fingerprint density at radius 3 is 2.72 bits per heavy atom. The van der Waals surface area contributed by atoms with Gasteiger partial charge in [-0.25, -0.2) is 4.79 Å². The highest BCUT2D eigenvalue weighted by atomic mass is 16.5. The van der Waals surface area contributed by atoms with E-state index in [1.165, 1.54) is 0 Å². The number of rotatable bonds is 6. The predicted molar refractivity (Wildman–Crippen MR) is 109 cm³/mol. The topological polar surface area (TPSA) is 71.5 Å². The van der Waals surface area contributed by atoms with E-state index in [-0.39, 0.29) is 11.9 Å². The molecule has 0 aliphatic carbocycles. The monoisotopic (exact) mass is 387 g/mol. The lowest BCUT2D eigenvalue weighted by molar-refractivity contribution is 0.0526. The number of nitrogens with zero attached hydrogens (tertiary/aromatic N) is 2. The standard InChI is InChI=1S/C23H21N3O3/c1-2-29-23(28)17-10-6-11-18(14-17)25-21-20-19(12-7-13-24-20)22(27)26(21)15-16-8-4-3-5-9-16/h3-14,21,25H,2,15H2,1H3/t21-/m1/s1. The molecule has 29 heavy (non-hydrogen) atoms. The number of fused-ring (bicyclic) bond motifs is 1. The van der Waals surface area contributed by atoms with Gasteiger partial charge in [-0.05, 0) is 42.8 Å². The smallest absolute Gasteiger partial charge is 0.338 e. The third-order valence-corrected chi connectivity index (χ3v) is 4.77. The van der Waals surface area contributed by atoms with Crippen LogP contribution in [-0.4, -0.2) is 28.4 Å². The highest BCUT2D eigenvalue weighted by Crippen LogP contribution is 2.34. The molecule has 0 bridgehead atoms. The number of esters is 1. The van der Waals surface area contributed by atoms with Crippen LogP contribution in [0.1, 0.15) is 45.1 Å². The number of carbonyl (C=O) groups excluding carboxylic acids is 2. The van der Waals surface area contributed by atoms with Crippen molar-refractivity contribution in [3.8, 4) is 0 Å². The Balaban J connectivity index is 1.65. The van der Waals surface area contributed by atoms with Crippen molar-refractivity contribution in [2.45, 2.75) is 19.6 Å². The Hall–Kier alpha value is -3.67. The summed E-state index contributed by atoms with van der Waals surface area (Å²) in [5, 5.41) is 3.37. The van der Waals surface area contributed by atoms with Gasteiger partial charge in [-0.3, -0.25) is 9.78 Å². The van der Waals surface area contributed by atoms with Crippen LogP contribution in [0, 0.1) is 0 Å². The summed E-state index contributed by atoms with van der Waals surface area (Å²) in [6.07, 6.45) is 1.25. The molecular weight excluding hydrogens is 366 g/mol. The van der Waals surface area contributed by atoms with Crippen LogP contribution in [0.3, 0.4) is 0 Å². The number of anilines is 1. The van der Waals surface area contributed by atoms with E-state index in [4.69, 9.17) is 4.74 Å². The Kier molecular flexibility index (Phi) is 5.24. The van der Waals surface area contributed by atoms with Crippen molar-refractivity contribution in [1.29, 1.82) is 0 Å². The number of aromatic nitrogens is 1. The number of ether oxygens (including phenoxy) is 1. The minimum absolute atomic E-state index is 0.0731. The molecule has 2 heterocycles. The van der Waals surface area contributed by atoms with Gasteiger partial charge >= 0.3 is 5.97 Å². The average molecular weight is 387 g/mol. The third kappa shape index (κ3) is 3.82. The van der Waals surface area contributed by atoms with Crippen LogP contribution in [0.25, 0.3) is 0 Å². The maximum atomic E-state index is 13.0. The fraction of sp³-hybridized carbons (Fsp3) is 0.174. The number of hydrogen-bond acceptors (Lipinski definition) is 5. The molecule has 4 rings (SSSR count). The van der Waals surface area contributed by atoms with Gasteiger partial charge in [-0.15, -0.1) is 0 Å². The Labute approximate surface area is 169 Å². The molecule has 0 unspecified atom stereocenters. The van der Waals surface area contributed by atoms with Gasteiger partial charge in [0.15, 0.2) is 0 Å². The van der Waals surface area contributed by atoms with Crippen molar-refractivity contribution >= 4 is 17.6 Å². The third-order valence-electron chi connectivity index (χ3n) is 4.77. The Morgan fingerprint density at radius 1 is 1.10 bits per heavy atom. The lowest BCUT2D eigenvalue weighted by Crippen LogP contribution is -2.32. The minimum atomic E-state index is -0.434. The van der Waals surface area contributed by atoms with Crippen molar-refractivity contribution in [3.63, 3.8) is 0 Å². The van der Waals surface area contributed by atoms with Crippen LogP contribution in [0.5, 0.6) is 0 Å². The van der Waals surface area contributed by atoms with Gasteiger partial charge in [-0.1, -0.05) is 36.4 Å². The first-order valence-electron chi connectivity index (χ1n) is 9.51. The Morgan fingerprint density at radius 2 is 1.93 bits per heavy atom. The highest BCUT2D eigenvalue weighted by molar-refractivity contribution is 5.99. The van der Waals surface area contributed by atoms with Crippen molar-refractivity contribution < 1.29 is 14.3 Å². The number of carbonyl (C=O) groups is 2. The number of nitrogens with one attached hydrogen (secondary N) is 1. The Bertz CT molecular complexity index is 1040. The van der Waals surface area contributed by atoms with Crippen LogP contribution < -0.4 is 5.32 Å². The molecule has 1 aromatic heterocycles. The molecule has 1 aliphatic rings. The molecule has 6 heteroatoms. The summed E-state index contributed by atoms with van der Waals surface area (Å²) >= 11 is 0. The average Bonchev–Trinajstić information content (AvgIpc) is 3.01. The number of hydrogen-bond donors (Lipinski definition) is 1. The zero-order chi connectivity index (χ0) is 20.2. The molecule has 146 valence electrons. The molecule has 2 aromatic carbocycles. The van der Waals surface area contributed by atoms with Gasteiger partial charge in [0.25, 0.3) is 5.91 Å². The first-order chi connectivity index (χ1) is 14.2. The first-order valence-corrected chi connectivity index (χ1v) is 9.51. The summed E-state index contributed by atoms with van der Waals surface area (Å²) in [6, 6.07) is 20.5. The van der Waals surface area contributed by atoms with Gasteiger partial charge in [0.05, 0.1) is 23.4 Å². The summed E-state index contributed by atoms with van der Waals surface area (Å²) in [6.45, 7) is 2.54. The molecule has 1 N–H and O–H groups in total. The fourth-order valence-corrected chi connectivity index (χ4v) is 3.43. The van der Waals surface area contributed by atoms with E-state index >= 15 is 0 Å². The zero-order valence-electron chi connectivity index (χ0n) is 16.0. The first kappa shape index (κ1) is 18.7. The second kappa shape index (κ2) is 8.14. The van der Waals surface area contributed by atoms with Gasteiger partial charge < -0.3 is 15.0 Å². The molecule has 0 fully saturated rings. The maximum Gasteiger partial charge on any atom is 0.338 e. The lowest BCUT2D eigenvalue weighted by atomic mass is 10.1. The van der Waals surface area contributed by atoms with Crippen molar-refractivity contribution in [2.75, 3.05) is 11.9 Å². The fourth-order valence-electron chi connectivity index (χ4n) is 3.43. The van der Waals surface area contributed by atoms with Crippen LogP contribution in [-0.2, 0) is 11.3 Å². The minimum Gasteiger partial charge on any atom is -0.462 e. The van der Waals surface area contributed by atoms with Gasteiger partial charge in [0.1, 0.15) is 6.17 Å². The van der Waals surface area contributed by atoms with E-state index in [1.54, 1.807) is 48.4 Å². The molecule has 6 nitrogen and oxygen atoms in total. The van der Waals surface area contributed by atoms with Crippen molar-refractivity contribution in [2.24, 2.45) is 0 Å². The van der Waals surface area contributed by atoms with E-state index in [9.17, 15) is 9.59 Å². The summed E-state index contributed by atoms with van der Waals surface area (Å²) in [5.41, 5.74) is 3.46. The van der Waals surface area contributed by atoms with Crippen LogP contribution in [0.4, 0.5) is 5.69 Å². The normalized spacial score (nSPS) is 15.1. The quantitative estimate of drug-likeness (QED) is 0.647. The molecule has 1 amide bonds. The number of amides is 1. The van der Waals surface area contributed by atoms with E-state index in [0.717, 1.165) is 5.56 Å². The maximum absolute atomic E-state index is 13.0. The molecule has 0 radical (unpaired) electrons. The zero-order valence-corrected chi connectivity index (χ0v) is 16.0. The number of pyridine rings is 1. The molecular formula is C23H21N3O3. The van der Waals surface area contributed by atoms with Crippen molar-refractivity contribution in [3.05, 3.63) is 95.3 Å². The lowest BCUT2D eigenvalue weighted by Gasteiger charge is -2.26. The summed E-state index contributed by atoms with van der Waals surface area (Å²) in [4.78, 5) is 31.3. The SMILES string of the molecule is CCOC(=O)c1cccc(N[C@H]2c3ncccc3C(=O)N2Cc2ccccc2)c1. The van der Waals surface area contributed by atoms with Crippen LogP contribution >= 0.6 is 0 Å². The predicted octanol–water partition coefficient (Wildman–Crippen LogP) is 4.03. The van der Waals surface area contributed by atoms with Crippen LogP contribution in [0.2, 0.25) is 0 Å². The van der Waals surface area contributed by atoms with Crippen molar-refractivity contribution in [1.82, 2.24) is 9.88 Å². The molecule has 0 spiro atoms. The van der Waals surface area contributed by atoms with E-state index in [0.29, 0.717) is 35.7 Å². The molecule has 3 aromatic rings. The molecule has 1 atom stereocenters. The molecule has 1 aliphatic heterocycles. The van der Waals surface area contributed by atoms with E-state index in [1.807, 2.05) is 36.4 Å². The second-order valence-corrected chi connectivity index (χ2v) is 6.70. The highest BCUT2D eigenvalue weighted by Gasteiger charge is 2.37. The van der Waals surface area contributed by atoms with Gasteiger partial charge in [0.2, 0.25) is 0 Å². The number of benzene rings is 2. The summed E-state index contributed by atoms with van der Waals surface area (Å²) < 4.78 is 5.08. The van der Waals surface area contributed by atoms with Gasteiger partial charge in [0, 0.05) is 18.4 Å². The van der Waals surface area contributed by atoms with E-state index < -0.39 is 6.17 Å². The summed E-state index contributed by atoms with van der Waals surface area (Å²) in [5.74, 6) is -0.450. The second-order valence-electron chi connectivity index (χ2n) is 6.70. The van der Waals surface area contributed by atoms with Gasteiger partial charge in [-0.2, -0.15) is 0 Å². The van der Waals surface area contributed by atoms with Crippen LogP contribution in [0.15, 0.2) is 72.9 Å². The molecule has 0 saturated heterocycles. The molecule has 0 saturated carbocycles. The largest absolute Gasteiger partial charge is 0.462 e. The summed E-state index contributed by atoms with van der Waals surface area (Å²) in [7, 11) is 0.